The van der Waals surface area contributed by atoms with Gasteiger partial charge in [-0.05, 0) is 0 Å². The number of hydrogen-bond donors (Lipinski definition) is 1. The van der Waals surface area contributed by atoms with Gasteiger partial charge in [0.2, 0.25) is 0 Å². The number of rotatable bonds is 3. The summed E-state index contributed by atoms with van der Waals surface area (Å²) >= 11 is 0. The van der Waals surface area contributed by atoms with Gasteiger partial charge in [-0.2, -0.15) is 0 Å². The van der Waals surface area contributed by atoms with Gasteiger partial charge in [-0.1, -0.05) is 0 Å². The number of nitrogens with zero attached hydrogens (tertiary/aromatic N) is 1. The largest absolute Gasteiger partial charge is 0.303 e. The van der Waals surface area contributed by atoms with Gasteiger partial charge in [0.1, 0.15) is 6.29 Å². The molecule has 1 radical (unpaired) electrons. The predicted octanol–water partition coefficient (Wildman–Crippen LogP) is -0.805. The van der Waals surface area contributed by atoms with Crippen molar-refractivity contribution in [3.8, 4) is 0 Å². The van der Waals surface area contributed by atoms with E-state index in [0.29, 0.717) is 13.0 Å². The van der Waals surface area contributed by atoms with Crippen molar-refractivity contribution >= 4 is 6.29 Å². The molecule has 1 N–H and O–H groups in total. The van der Waals surface area contributed by atoms with Gasteiger partial charge >= 0.3 is 0 Å². The monoisotopic (exact) mass is 143 g/mol. The van der Waals surface area contributed by atoms with Crippen molar-refractivity contribution in [1.82, 2.24) is 10.2 Å². The molecule has 1 heterocycles. The van der Waals surface area contributed by atoms with E-state index >= 15 is 0 Å². The normalized spacial score (nSPS) is 22.9. The van der Waals surface area contributed by atoms with E-state index in [2.05, 4.69) is 5.32 Å². The van der Waals surface area contributed by atoms with Gasteiger partial charge in [0.05, 0.1) is 6.67 Å². The van der Waals surface area contributed by atoms with Gasteiger partial charge in [-0.3, -0.25) is 4.90 Å². The molecule has 1 unspecified atom stereocenters. The van der Waals surface area contributed by atoms with Crippen molar-refractivity contribution in [2.75, 3.05) is 19.8 Å². The van der Waals surface area contributed by atoms with Crippen LogP contribution in [0.5, 0.6) is 0 Å². The molecule has 0 aromatic carbocycles. The van der Waals surface area contributed by atoms with E-state index in [1.165, 1.54) is 0 Å². The number of carbonyl (C=O) groups excluding carboxylic acids is 1. The van der Waals surface area contributed by atoms with Crippen molar-refractivity contribution in [2.45, 2.75) is 12.6 Å². The summed E-state index contributed by atoms with van der Waals surface area (Å²) < 4.78 is 0. The minimum absolute atomic E-state index is 0.0989. The summed E-state index contributed by atoms with van der Waals surface area (Å²) in [6.45, 7) is 2.25. The van der Waals surface area contributed by atoms with E-state index in [1.54, 1.807) is 4.90 Å². The van der Waals surface area contributed by atoms with Gasteiger partial charge < -0.3 is 10.1 Å². The Morgan fingerprint density at radius 1 is 1.70 bits per heavy atom. The van der Waals surface area contributed by atoms with Crippen LogP contribution in [0.15, 0.2) is 0 Å². The molecule has 1 atom stereocenters. The molecule has 4 nitrogen and oxygen atoms in total. The Morgan fingerprint density at radius 2 is 2.50 bits per heavy atom. The minimum Gasteiger partial charge on any atom is -0.303 e. The summed E-state index contributed by atoms with van der Waals surface area (Å²) in [4.78, 5) is 11.6. The highest BCUT2D eigenvalue weighted by molar-refractivity contribution is 5.49. The fourth-order valence-corrected chi connectivity index (χ4v) is 1.00. The second-order valence-electron chi connectivity index (χ2n) is 2.33. The third-order valence-electron chi connectivity index (χ3n) is 1.60. The summed E-state index contributed by atoms with van der Waals surface area (Å²) in [7, 11) is 0. The standard InChI is InChI=1S/C6H11N2O2/c9-4-1-6(10)8-3-2-7-5-8/h4,6-7H,1-3,5H2. The van der Waals surface area contributed by atoms with Gasteiger partial charge in [-0.15, -0.1) is 0 Å². The highest BCUT2D eigenvalue weighted by Crippen LogP contribution is 2.01. The first-order chi connectivity index (χ1) is 4.84. The highest BCUT2D eigenvalue weighted by atomic mass is 16.3. The van der Waals surface area contributed by atoms with Crippen LogP contribution >= 0.6 is 0 Å². The quantitative estimate of drug-likeness (QED) is 0.526. The van der Waals surface area contributed by atoms with Crippen molar-refractivity contribution in [2.24, 2.45) is 0 Å². The highest BCUT2D eigenvalue weighted by Gasteiger charge is 2.19. The van der Waals surface area contributed by atoms with Gasteiger partial charge in [-0.25, -0.2) is 5.11 Å². The fraction of sp³-hybridized carbons (Fsp3) is 0.833. The topological polar surface area (TPSA) is 52.2 Å². The molecular formula is C6H11N2O2. The maximum atomic E-state index is 11.0. The van der Waals surface area contributed by atoms with Crippen LogP contribution in [0.1, 0.15) is 6.42 Å². The van der Waals surface area contributed by atoms with E-state index in [4.69, 9.17) is 0 Å². The summed E-state index contributed by atoms with van der Waals surface area (Å²) in [5, 5.41) is 14.0. The molecule has 0 aliphatic carbocycles. The lowest BCUT2D eigenvalue weighted by Gasteiger charge is -2.16. The molecule has 1 fully saturated rings. The number of hydrogen-bond acceptors (Lipinski definition) is 3. The van der Waals surface area contributed by atoms with Crippen LogP contribution in [-0.4, -0.2) is 37.2 Å². The van der Waals surface area contributed by atoms with E-state index in [9.17, 15) is 9.90 Å². The minimum atomic E-state index is -0.840. The SMILES string of the molecule is [O]C(CC=O)N1CCNC1. The molecular weight excluding hydrogens is 132 g/mol. The van der Waals surface area contributed by atoms with Crippen molar-refractivity contribution in [1.29, 1.82) is 0 Å². The van der Waals surface area contributed by atoms with Crippen LogP contribution < -0.4 is 5.32 Å². The Balaban J connectivity index is 2.24. The maximum absolute atomic E-state index is 11.0. The molecule has 0 saturated carbocycles. The molecule has 0 aromatic rings. The first-order valence-electron chi connectivity index (χ1n) is 3.39. The second-order valence-corrected chi connectivity index (χ2v) is 2.33. The summed E-state index contributed by atoms with van der Waals surface area (Å²) in [6.07, 6.45) is -0.0648. The Kier molecular flexibility index (Phi) is 2.80. The maximum Gasteiger partial charge on any atom is 0.154 e. The van der Waals surface area contributed by atoms with Crippen molar-refractivity contribution in [3.63, 3.8) is 0 Å². The zero-order valence-electron chi connectivity index (χ0n) is 5.75. The molecule has 1 saturated heterocycles. The molecule has 1 rings (SSSR count). The molecule has 0 bridgehead atoms. The van der Waals surface area contributed by atoms with Crippen LogP contribution in [-0.2, 0) is 9.90 Å². The molecule has 1 aliphatic rings. The average Bonchev–Trinajstić information content (AvgIpc) is 2.38. The number of carbonyl (C=O) groups is 1. The Morgan fingerprint density at radius 3 is 3.00 bits per heavy atom. The lowest BCUT2D eigenvalue weighted by Crippen LogP contribution is -2.33. The molecule has 10 heavy (non-hydrogen) atoms. The smallest absolute Gasteiger partial charge is 0.154 e. The van der Waals surface area contributed by atoms with Crippen molar-refractivity contribution < 1.29 is 9.90 Å². The van der Waals surface area contributed by atoms with E-state index in [-0.39, 0.29) is 6.42 Å². The summed E-state index contributed by atoms with van der Waals surface area (Å²) in [5.41, 5.74) is 0. The Hall–Kier alpha value is -0.450. The van der Waals surface area contributed by atoms with E-state index < -0.39 is 6.23 Å². The fourth-order valence-electron chi connectivity index (χ4n) is 1.00. The molecule has 4 heteroatoms. The van der Waals surface area contributed by atoms with Gasteiger partial charge in [0, 0.05) is 19.5 Å². The van der Waals surface area contributed by atoms with Crippen LogP contribution in [0, 0.1) is 0 Å². The summed E-state index contributed by atoms with van der Waals surface area (Å²) in [6, 6.07) is 0. The molecule has 57 valence electrons. The van der Waals surface area contributed by atoms with Crippen molar-refractivity contribution in [3.05, 3.63) is 0 Å². The third-order valence-corrected chi connectivity index (χ3v) is 1.60. The van der Waals surface area contributed by atoms with E-state index in [0.717, 1.165) is 13.1 Å². The van der Waals surface area contributed by atoms with Crippen LogP contribution in [0.2, 0.25) is 0 Å². The predicted molar refractivity (Wildman–Crippen MR) is 34.7 cm³/mol. The van der Waals surface area contributed by atoms with E-state index in [1.807, 2.05) is 0 Å². The Bertz CT molecular complexity index is 112. The number of aldehydes is 1. The van der Waals surface area contributed by atoms with Gasteiger partial charge in [0.15, 0.2) is 6.23 Å². The third kappa shape index (κ3) is 1.76. The Labute approximate surface area is 59.8 Å². The zero-order valence-corrected chi connectivity index (χ0v) is 5.75. The van der Waals surface area contributed by atoms with Crippen LogP contribution in [0.3, 0.4) is 0 Å². The molecule has 0 amide bonds. The van der Waals surface area contributed by atoms with Gasteiger partial charge in [0.25, 0.3) is 0 Å². The first kappa shape index (κ1) is 7.65. The average molecular weight is 143 g/mol. The molecule has 0 aromatic heterocycles. The zero-order chi connectivity index (χ0) is 7.40. The lowest BCUT2D eigenvalue weighted by atomic mass is 10.4. The van der Waals surface area contributed by atoms with Crippen LogP contribution in [0.4, 0.5) is 0 Å². The first-order valence-corrected chi connectivity index (χ1v) is 3.39. The molecule has 0 spiro atoms. The van der Waals surface area contributed by atoms with Crippen LogP contribution in [0.25, 0.3) is 0 Å². The second kappa shape index (κ2) is 3.65. The molecule has 1 aliphatic heterocycles. The number of nitrogens with one attached hydrogen (secondary N) is 1. The lowest BCUT2D eigenvalue weighted by molar-refractivity contribution is -0.115. The summed E-state index contributed by atoms with van der Waals surface area (Å²) in [5.74, 6) is 0.